The molecule has 0 radical (unpaired) electrons. The lowest BCUT2D eigenvalue weighted by Crippen LogP contribution is -2.19. The minimum Gasteiger partial charge on any atom is -0.246 e. The fourth-order valence-electron chi connectivity index (χ4n) is 11.4. The molecule has 0 spiro atoms. The summed E-state index contributed by atoms with van der Waals surface area (Å²) in [7, 11) is 0. The number of aryl methyl sites for hydroxylation is 6. The van der Waals surface area contributed by atoms with Crippen LogP contribution in [0.15, 0.2) is 231 Å². The molecule has 0 saturated carbocycles. The van der Waals surface area contributed by atoms with Gasteiger partial charge in [0.05, 0.1) is 5.69 Å². The van der Waals surface area contributed by atoms with Gasteiger partial charge >= 0.3 is 0 Å². The molecule has 376 valence electrons. The molecule has 7 nitrogen and oxygen atoms in total. The van der Waals surface area contributed by atoms with Crippen LogP contribution in [0, 0.1) is 41.5 Å². The highest BCUT2D eigenvalue weighted by molar-refractivity contribution is 6.03. The van der Waals surface area contributed by atoms with E-state index in [4.69, 9.17) is 29.9 Å². The molecule has 0 aliphatic carbocycles. The van der Waals surface area contributed by atoms with Crippen molar-refractivity contribution in [2.45, 2.75) is 47.5 Å². The first-order valence-corrected chi connectivity index (χ1v) is 26.6. The quantitative estimate of drug-likeness (QED) is 0.113. The lowest BCUT2D eigenvalue weighted by molar-refractivity contribution is 0.917. The lowest BCUT2D eigenvalue weighted by atomic mass is 9.77. The van der Waals surface area contributed by atoms with Gasteiger partial charge in [0, 0.05) is 33.7 Å². The van der Waals surface area contributed by atoms with Crippen molar-refractivity contribution in [2.75, 3.05) is 4.90 Å². The van der Waals surface area contributed by atoms with E-state index < -0.39 is 0 Å². The van der Waals surface area contributed by atoms with Crippen LogP contribution in [0.3, 0.4) is 0 Å². The van der Waals surface area contributed by atoms with Crippen LogP contribution >= 0.6 is 0 Å². The zero-order valence-corrected chi connectivity index (χ0v) is 44.6. The molecule has 0 unspecified atom stereocenters. The molecule has 0 fully saturated rings. The molecule has 78 heavy (non-hydrogen) atoms. The van der Waals surface area contributed by atoms with Gasteiger partial charge in [0.1, 0.15) is 0 Å². The Bertz CT molecular complexity index is 4040. The topological polar surface area (TPSA) is 80.6 Å². The van der Waals surface area contributed by atoms with E-state index in [9.17, 15) is 0 Å². The Morgan fingerprint density at radius 3 is 1.28 bits per heavy atom. The summed E-state index contributed by atoms with van der Waals surface area (Å²) in [5.41, 5.74) is 19.7. The van der Waals surface area contributed by atoms with E-state index in [-0.39, 0.29) is 5.92 Å². The molecule has 0 bridgehead atoms. The summed E-state index contributed by atoms with van der Waals surface area (Å²) in [5, 5.41) is 2.21. The number of fused-ring (bicyclic) bond motifs is 1. The van der Waals surface area contributed by atoms with E-state index in [0.29, 0.717) is 35.2 Å². The van der Waals surface area contributed by atoms with Gasteiger partial charge in [-0.05, 0) is 132 Å². The number of anilines is 3. The van der Waals surface area contributed by atoms with E-state index in [0.717, 1.165) is 66.5 Å². The second-order valence-electron chi connectivity index (χ2n) is 20.3. The van der Waals surface area contributed by atoms with Gasteiger partial charge in [0.25, 0.3) is 0 Å². The van der Waals surface area contributed by atoms with Crippen molar-refractivity contribution >= 4 is 28.4 Å². The maximum atomic E-state index is 5.55. The van der Waals surface area contributed by atoms with E-state index in [1.54, 1.807) is 0 Å². The van der Waals surface area contributed by atoms with Crippen LogP contribution in [0.1, 0.15) is 56.0 Å². The minimum atomic E-state index is -0.0446. The SMILES string of the molecule is Cc1cc(C)c(C(c2ccc(N(c3nc(-c4ccccc4)nc(-c4cccc(-c5ccccc5)c4)n3)c3nc(-c4ccccc4)nc(-c4ccc5ccccc5c4-c4ccccc4)n3)cc2)c2c(C)cc(C)cc2C)c(C)c1. The summed E-state index contributed by atoms with van der Waals surface area (Å²) in [6, 6.07) is 80.3. The normalized spacial score (nSPS) is 11.3. The van der Waals surface area contributed by atoms with E-state index >= 15 is 0 Å². The molecule has 12 aromatic rings. The fourth-order valence-corrected chi connectivity index (χ4v) is 11.4. The predicted octanol–water partition coefficient (Wildman–Crippen LogP) is 17.7. The third kappa shape index (κ3) is 9.74. The summed E-state index contributed by atoms with van der Waals surface area (Å²) in [6.07, 6.45) is 0. The van der Waals surface area contributed by atoms with Crippen LogP contribution in [0.4, 0.5) is 17.6 Å². The molecule has 12 rings (SSSR count). The summed E-state index contributed by atoms with van der Waals surface area (Å²) in [6.45, 7) is 13.3. The Morgan fingerprint density at radius 2 is 0.744 bits per heavy atom. The molecular weight excluding hydrogens is 951 g/mol. The Morgan fingerprint density at radius 1 is 0.321 bits per heavy atom. The van der Waals surface area contributed by atoms with Gasteiger partial charge in [-0.1, -0.05) is 217 Å². The van der Waals surface area contributed by atoms with Crippen LogP contribution in [0.5, 0.6) is 0 Å². The summed E-state index contributed by atoms with van der Waals surface area (Å²) >= 11 is 0. The van der Waals surface area contributed by atoms with Crippen LogP contribution in [0.25, 0.3) is 78.6 Å². The summed E-state index contributed by atoms with van der Waals surface area (Å²) in [5.74, 6) is 2.68. The Labute approximate surface area is 456 Å². The highest BCUT2D eigenvalue weighted by atomic mass is 15.4. The van der Waals surface area contributed by atoms with Crippen LogP contribution in [-0.2, 0) is 0 Å². The van der Waals surface area contributed by atoms with Crippen molar-refractivity contribution < 1.29 is 0 Å². The fraction of sp³-hybridized carbons (Fsp3) is 0.0986. The van der Waals surface area contributed by atoms with E-state index in [1.807, 2.05) is 77.7 Å². The number of rotatable bonds is 12. The zero-order chi connectivity index (χ0) is 53.3. The maximum absolute atomic E-state index is 5.55. The summed E-state index contributed by atoms with van der Waals surface area (Å²) < 4.78 is 0. The lowest BCUT2D eigenvalue weighted by Gasteiger charge is -2.28. The maximum Gasteiger partial charge on any atom is 0.241 e. The highest BCUT2D eigenvalue weighted by Gasteiger charge is 2.28. The van der Waals surface area contributed by atoms with Gasteiger partial charge in [0.2, 0.25) is 11.9 Å². The van der Waals surface area contributed by atoms with Gasteiger partial charge < -0.3 is 0 Å². The number of aromatic nitrogens is 6. The first kappa shape index (κ1) is 49.2. The second kappa shape index (κ2) is 21.1. The number of benzene rings is 10. The smallest absolute Gasteiger partial charge is 0.241 e. The first-order chi connectivity index (χ1) is 38.1. The molecular formula is C71H57N7. The Hall–Kier alpha value is -9.72. The Kier molecular flexibility index (Phi) is 13.3. The molecule has 0 N–H and O–H groups in total. The molecule has 0 aliphatic heterocycles. The standard InChI is InChI=1S/C71H57N7/c1-45-40-47(3)62(48(4)41-45)65(63-49(5)42-46(2)43-50(63)6)54-34-37-59(38-35-54)78(70-74-66(55-27-15-9-16-28-55)72-68(76-70)58-32-21-31-57(44-58)51-22-11-7-12-23-51)71-75-67(56-29-17-10-18-30-56)73-69(77-71)61-39-36-52-24-19-20-33-60(52)64(61)53-25-13-8-14-26-53/h7-44,65H,1-6H3. The summed E-state index contributed by atoms with van der Waals surface area (Å²) in [4.78, 5) is 34.4. The Balaban J connectivity index is 1.13. The third-order valence-electron chi connectivity index (χ3n) is 14.7. The van der Waals surface area contributed by atoms with Gasteiger partial charge in [-0.25, -0.2) is 14.9 Å². The van der Waals surface area contributed by atoms with Crippen LogP contribution in [0.2, 0.25) is 0 Å². The molecule has 2 aromatic heterocycles. The zero-order valence-electron chi connectivity index (χ0n) is 44.6. The molecule has 10 aromatic carbocycles. The van der Waals surface area contributed by atoms with Crippen molar-refractivity contribution in [1.82, 2.24) is 29.9 Å². The highest BCUT2D eigenvalue weighted by Crippen LogP contribution is 2.43. The average Bonchev–Trinajstić information content (AvgIpc) is 3.59. The third-order valence-corrected chi connectivity index (χ3v) is 14.7. The minimum absolute atomic E-state index is 0.0446. The molecule has 0 aliphatic rings. The van der Waals surface area contributed by atoms with Crippen molar-refractivity contribution in [3.05, 3.63) is 281 Å². The molecule has 0 atom stereocenters. The van der Waals surface area contributed by atoms with Gasteiger partial charge in [-0.15, -0.1) is 0 Å². The van der Waals surface area contributed by atoms with Crippen molar-refractivity contribution in [3.8, 4) is 67.8 Å². The van der Waals surface area contributed by atoms with Gasteiger partial charge in [-0.3, -0.25) is 0 Å². The monoisotopic (exact) mass is 1010 g/mol. The average molecular weight is 1010 g/mol. The van der Waals surface area contributed by atoms with E-state index in [1.165, 1.54) is 44.5 Å². The molecule has 7 heteroatoms. The number of hydrogen-bond acceptors (Lipinski definition) is 7. The molecule has 0 saturated heterocycles. The van der Waals surface area contributed by atoms with Crippen molar-refractivity contribution in [2.24, 2.45) is 0 Å². The van der Waals surface area contributed by atoms with E-state index in [2.05, 4.69) is 199 Å². The second-order valence-corrected chi connectivity index (χ2v) is 20.3. The van der Waals surface area contributed by atoms with Crippen LogP contribution in [-0.4, -0.2) is 29.9 Å². The first-order valence-electron chi connectivity index (χ1n) is 26.6. The molecule has 0 amide bonds. The van der Waals surface area contributed by atoms with Gasteiger partial charge in [-0.2, -0.15) is 19.9 Å². The van der Waals surface area contributed by atoms with Crippen LogP contribution < -0.4 is 4.90 Å². The predicted molar refractivity (Wildman–Crippen MR) is 320 cm³/mol. The van der Waals surface area contributed by atoms with Crippen molar-refractivity contribution in [3.63, 3.8) is 0 Å². The number of nitrogens with zero attached hydrogens (tertiary/aromatic N) is 7. The molecule has 2 heterocycles. The van der Waals surface area contributed by atoms with Crippen molar-refractivity contribution in [1.29, 1.82) is 0 Å². The largest absolute Gasteiger partial charge is 0.246 e. The van der Waals surface area contributed by atoms with Gasteiger partial charge in [0.15, 0.2) is 23.3 Å². The number of hydrogen-bond donors (Lipinski definition) is 0.